The van der Waals surface area contributed by atoms with Crippen molar-refractivity contribution in [2.45, 2.75) is 6.42 Å². The predicted molar refractivity (Wildman–Crippen MR) is 43.3 cm³/mol. The third kappa shape index (κ3) is 2.94. The minimum absolute atomic E-state index is 0.0829. The van der Waals surface area contributed by atoms with E-state index in [9.17, 15) is 9.59 Å². The van der Waals surface area contributed by atoms with Gasteiger partial charge >= 0.3 is 12.0 Å². The Morgan fingerprint density at radius 3 is 2.85 bits per heavy atom. The molecule has 0 saturated heterocycles. The molecule has 2 N–H and O–H groups in total. The van der Waals surface area contributed by atoms with Crippen molar-refractivity contribution >= 4 is 12.0 Å². The summed E-state index contributed by atoms with van der Waals surface area (Å²) in [6.45, 7) is 0.117. The maximum absolute atomic E-state index is 11.1. The molecule has 0 unspecified atom stereocenters. The van der Waals surface area contributed by atoms with Crippen molar-refractivity contribution in [2.75, 3.05) is 6.54 Å². The standard InChI is InChI=1S/C7H9N3O3/c11-6(12)1-2-9-7(13)10-4-3-8-5-10/h3-5H,1-2H2,(H,9,13)(H,11,12). The molecule has 0 aliphatic heterocycles. The Balaban J connectivity index is 2.31. The first-order valence-corrected chi connectivity index (χ1v) is 3.68. The van der Waals surface area contributed by atoms with E-state index in [2.05, 4.69) is 10.3 Å². The highest BCUT2D eigenvalue weighted by atomic mass is 16.4. The average molecular weight is 183 g/mol. The summed E-state index contributed by atoms with van der Waals surface area (Å²) in [6.07, 6.45) is 4.21. The molecule has 1 amide bonds. The molecule has 0 spiro atoms. The summed E-state index contributed by atoms with van der Waals surface area (Å²) in [7, 11) is 0. The summed E-state index contributed by atoms with van der Waals surface area (Å²) >= 11 is 0. The largest absolute Gasteiger partial charge is 0.481 e. The maximum atomic E-state index is 11.1. The van der Waals surface area contributed by atoms with E-state index in [4.69, 9.17) is 5.11 Å². The number of aliphatic carboxylic acids is 1. The van der Waals surface area contributed by atoms with E-state index in [-0.39, 0.29) is 19.0 Å². The molecule has 0 aliphatic rings. The lowest BCUT2D eigenvalue weighted by molar-refractivity contribution is -0.136. The van der Waals surface area contributed by atoms with Crippen LogP contribution in [0.4, 0.5) is 4.79 Å². The quantitative estimate of drug-likeness (QED) is 0.686. The molecule has 6 nitrogen and oxygen atoms in total. The molecule has 6 heteroatoms. The minimum Gasteiger partial charge on any atom is -0.481 e. The van der Waals surface area contributed by atoms with Crippen LogP contribution in [0.5, 0.6) is 0 Å². The van der Waals surface area contributed by atoms with Crippen LogP contribution < -0.4 is 5.32 Å². The maximum Gasteiger partial charge on any atom is 0.326 e. The first kappa shape index (κ1) is 9.24. The van der Waals surface area contributed by atoms with E-state index in [0.29, 0.717) is 0 Å². The number of aromatic nitrogens is 2. The van der Waals surface area contributed by atoms with Gasteiger partial charge in [0.1, 0.15) is 6.33 Å². The number of imidazole rings is 1. The van der Waals surface area contributed by atoms with Gasteiger partial charge in [-0.15, -0.1) is 0 Å². The van der Waals surface area contributed by atoms with Gasteiger partial charge in [-0.05, 0) is 0 Å². The lowest BCUT2D eigenvalue weighted by atomic mass is 10.4. The Kier molecular flexibility index (Phi) is 3.02. The van der Waals surface area contributed by atoms with Crippen LogP contribution in [0.15, 0.2) is 18.7 Å². The molecule has 0 aromatic carbocycles. The zero-order valence-corrected chi connectivity index (χ0v) is 6.80. The van der Waals surface area contributed by atoms with Crippen LogP contribution in [-0.2, 0) is 4.79 Å². The Hall–Kier alpha value is -1.85. The summed E-state index contributed by atoms with van der Waals surface area (Å²) in [5.41, 5.74) is 0. The van der Waals surface area contributed by atoms with E-state index in [1.54, 1.807) is 0 Å². The molecule has 1 rings (SSSR count). The van der Waals surface area contributed by atoms with Crippen molar-refractivity contribution in [1.82, 2.24) is 14.9 Å². The second-order valence-corrected chi connectivity index (χ2v) is 2.35. The fourth-order valence-electron chi connectivity index (χ4n) is 0.747. The number of amides is 1. The summed E-state index contributed by atoms with van der Waals surface area (Å²) in [5.74, 6) is -0.939. The Labute approximate surface area is 74.2 Å². The normalized spacial score (nSPS) is 9.54. The van der Waals surface area contributed by atoms with Crippen molar-refractivity contribution in [3.8, 4) is 0 Å². The van der Waals surface area contributed by atoms with Gasteiger partial charge in [0.25, 0.3) is 0 Å². The fourth-order valence-corrected chi connectivity index (χ4v) is 0.747. The number of nitrogens with zero attached hydrogens (tertiary/aromatic N) is 2. The van der Waals surface area contributed by atoms with Crippen LogP contribution in [0.1, 0.15) is 6.42 Å². The third-order valence-electron chi connectivity index (χ3n) is 1.35. The third-order valence-corrected chi connectivity index (χ3v) is 1.35. The van der Waals surface area contributed by atoms with Crippen LogP contribution in [-0.4, -0.2) is 33.2 Å². The Morgan fingerprint density at radius 2 is 2.31 bits per heavy atom. The van der Waals surface area contributed by atoms with Gasteiger partial charge in [-0.2, -0.15) is 0 Å². The predicted octanol–water partition coefficient (Wildman–Crippen LogP) is -0.0845. The smallest absolute Gasteiger partial charge is 0.326 e. The van der Waals surface area contributed by atoms with Crippen LogP contribution in [0.3, 0.4) is 0 Å². The monoisotopic (exact) mass is 183 g/mol. The average Bonchev–Trinajstić information content (AvgIpc) is 2.55. The van der Waals surface area contributed by atoms with Gasteiger partial charge in [0.15, 0.2) is 0 Å². The van der Waals surface area contributed by atoms with E-state index in [1.165, 1.54) is 23.3 Å². The van der Waals surface area contributed by atoms with Gasteiger partial charge < -0.3 is 10.4 Å². The molecule has 13 heavy (non-hydrogen) atoms. The van der Waals surface area contributed by atoms with E-state index < -0.39 is 5.97 Å². The second-order valence-electron chi connectivity index (χ2n) is 2.35. The highest BCUT2D eigenvalue weighted by Crippen LogP contribution is 1.85. The Morgan fingerprint density at radius 1 is 1.54 bits per heavy atom. The van der Waals surface area contributed by atoms with Crippen LogP contribution in [0.2, 0.25) is 0 Å². The number of nitrogens with one attached hydrogen (secondary N) is 1. The van der Waals surface area contributed by atoms with Crippen molar-refractivity contribution in [1.29, 1.82) is 0 Å². The van der Waals surface area contributed by atoms with Gasteiger partial charge in [-0.25, -0.2) is 9.78 Å². The second kappa shape index (κ2) is 4.24. The van der Waals surface area contributed by atoms with Gasteiger partial charge in [0.05, 0.1) is 6.42 Å². The number of carbonyl (C=O) groups is 2. The van der Waals surface area contributed by atoms with Crippen LogP contribution in [0.25, 0.3) is 0 Å². The molecule has 0 bridgehead atoms. The molecule has 0 radical (unpaired) electrons. The van der Waals surface area contributed by atoms with Gasteiger partial charge in [-0.3, -0.25) is 9.36 Å². The van der Waals surface area contributed by atoms with Crippen molar-refractivity contribution in [3.05, 3.63) is 18.7 Å². The summed E-state index contributed by atoms with van der Waals surface area (Å²) in [4.78, 5) is 24.9. The van der Waals surface area contributed by atoms with E-state index >= 15 is 0 Å². The molecule has 70 valence electrons. The first-order valence-electron chi connectivity index (χ1n) is 3.68. The van der Waals surface area contributed by atoms with E-state index in [1.807, 2.05) is 0 Å². The molecule has 0 aliphatic carbocycles. The SMILES string of the molecule is O=C(O)CCNC(=O)n1ccnc1. The topological polar surface area (TPSA) is 84.2 Å². The summed E-state index contributed by atoms with van der Waals surface area (Å²) in [5, 5.41) is 10.7. The summed E-state index contributed by atoms with van der Waals surface area (Å²) in [6, 6.07) is -0.376. The van der Waals surface area contributed by atoms with Crippen molar-refractivity contribution in [3.63, 3.8) is 0 Å². The highest BCUT2D eigenvalue weighted by molar-refractivity contribution is 5.77. The zero-order valence-electron chi connectivity index (χ0n) is 6.80. The molecule has 1 heterocycles. The molecular formula is C7H9N3O3. The van der Waals surface area contributed by atoms with Crippen molar-refractivity contribution in [2.24, 2.45) is 0 Å². The van der Waals surface area contributed by atoms with Crippen LogP contribution >= 0.6 is 0 Å². The minimum atomic E-state index is -0.939. The lowest BCUT2D eigenvalue weighted by Crippen LogP contribution is -2.29. The highest BCUT2D eigenvalue weighted by Gasteiger charge is 2.02. The lowest BCUT2D eigenvalue weighted by Gasteiger charge is -2.02. The molecule has 1 aromatic heterocycles. The number of carboxylic acids is 1. The number of rotatable bonds is 3. The number of hydrogen-bond donors (Lipinski definition) is 2. The zero-order chi connectivity index (χ0) is 9.68. The molecule has 0 saturated carbocycles. The molecule has 1 aromatic rings. The van der Waals surface area contributed by atoms with Gasteiger partial charge in [-0.1, -0.05) is 0 Å². The summed E-state index contributed by atoms with van der Waals surface area (Å²) < 4.78 is 1.24. The number of hydrogen-bond acceptors (Lipinski definition) is 3. The van der Waals surface area contributed by atoms with E-state index in [0.717, 1.165) is 0 Å². The molecular weight excluding hydrogens is 174 g/mol. The fraction of sp³-hybridized carbons (Fsp3) is 0.286. The first-order chi connectivity index (χ1) is 6.20. The molecule has 0 fully saturated rings. The Bertz CT molecular complexity index is 294. The number of carboxylic acid groups (broad SMARTS) is 1. The number of carbonyl (C=O) groups excluding carboxylic acids is 1. The molecule has 0 atom stereocenters. The van der Waals surface area contributed by atoms with Crippen LogP contribution in [0, 0.1) is 0 Å². The van der Waals surface area contributed by atoms with Crippen molar-refractivity contribution < 1.29 is 14.7 Å². The van der Waals surface area contributed by atoms with Gasteiger partial charge in [0, 0.05) is 18.9 Å². The van der Waals surface area contributed by atoms with Gasteiger partial charge in [0.2, 0.25) is 0 Å².